The van der Waals surface area contributed by atoms with Crippen LogP contribution in [0, 0.1) is 11.6 Å². The fourth-order valence-corrected chi connectivity index (χ4v) is 1.55. The van der Waals surface area contributed by atoms with Gasteiger partial charge < -0.3 is 14.8 Å². The maximum Gasteiger partial charge on any atom is 0.190 e. The van der Waals surface area contributed by atoms with E-state index >= 15 is 0 Å². The van der Waals surface area contributed by atoms with Crippen molar-refractivity contribution in [3.05, 3.63) is 29.3 Å². The van der Waals surface area contributed by atoms with Crippen LogP contribution in [0.25, 0.3) is 0 Å². The van der Waals surface area contributed by atoms with Gasteiger partial charge in [0.05, 0.1) is 12.7 Å². The van der Waals surface area contributed by atoms with Gasteiger partial charge in [-0.15, -0.1) is 0 Å². The van der Waals surface area contributed by atoms with Crippen molar-refractivity contribution < 1.29 is 18.3 Å². The third kappa shape index (κ3) is 5.53. The molecule has 0 saturated heterocycles. The second-order valence-electron chi connectivity index (χ2n) is 4.44. The summed E-state index contributed by atoms with van der Waals surface area (Å²) in [6.07, 6.45) is 0.0702. The highest BCUT2D eigenvalue weighted by Crippen LogP contribution is 2.23. The summed E-state index contributed by atoms with van der Waals surface area (Å²) >= 11 is 0. The highest BCUT2D eigenvalue weighted by molar-refractivity contribution is 5.31. The van der Waals surface area contributed by atoms with Gasteiger partial charge in [0.25, 0.3) is 0 Å². The van der Waals surface area contributed by atoms with Crippen molar-refractivity contribution in [2.45, 2.75) is 33.4 Å². The van der Waals surface area contributed by atoms with Crippen molar-refractivity contribution in [3.63, 3.8) is 0 Å². The third-order valence-electron chi connectivity index (χ3n) is 2.42. The maximum atomic E-state index is 13.7. The summed E-state index contributed by atoms with van der Waals surface area (Å²) < 4.78 is 37.7. The number of nitrogens with one attached hydrogen (secondary N) is 1. The lowest BCUT2D eigenvalue weighted by Crippen LogP contribution is -2.14. The molecule has 0 aliphatic carbocycles. The van der Waals surface area contributed by atoms with Crippen molar-refractivity contribution in [2.24, 2.45) is 0 Å². The number of halogens is 2. The molecule has 1 aromatic carbocycles. The average molecular weight is 273 g/mol. The zero-order chi connectivity index (χ0) is 14.3. The van der Waals surface area contributed by atoms with Crippen LogP contribution in [0.5, 0.6) is 5.75 Å². The van der Waals surface area contributed by atoms with Crippen LogP contribution in [0.15, 0.2) is 12.1 Å². The first-order valence-electron chi connectivity index (χ1n) is 6.47. The first-order valence-corrected chi connectivity index (χ1v) is 6.47. The van der Waals surface area contributed by atoms with E-state index in [9.17, 15) is 8.78 Å². The molecule has 0 amide bonds. The van der Waals surface area contributed by atoms with E-state index in [0.717, 1.165) is 6.54 Å². The molecule has 0 aromatic heterocycles. The van der Waals surface area contributed by atoms with Gasteiger partial charge in [-0.3, -0.25) is 0 Å². The van der Waals surface area contributed by atoms with Crippen LogP contribution in [0.2, 0.25) is 0 Å². The highest BCUT2D eigenvalue weighted by Gasteiger charge is 2.12. The van der Waals surface area contributed by atoms with E-state index < -0.39 is 11.6 Å². The Morgan fingerprint density at radius 3 is 2.32 bits per heavy atom. The molecule has 0 unspecified atom stereocenters. The van der Waals surface area contributed by atoms with Crippen LogP contribution in [0.1, 0.15) is 26.3 Å². The number of rotatable bonds is 8. The smallest absolute Gasteiger partial charge is 0.190 e. The molecule has 0 radical (unpaired) electrons. The number of benzene rings is 1. The van der Waals surface area contributed by atoms with Crippen molar-refractivity contribution >= 4 is 0 Å². The molecule has 0 bridgehead atoms. The summed E-state index contributed by atoms with van der Waals surface area (Å²) in [5.74, 6) is -1.71. The topological polar surface area (TPSA) is 30.5 Å². The van der Waals surface area contributed by atoms with E-state index in [4.69, 9.17) is 9.47 Å². The Balaban J connectivity index is 2.58. The summed E-state index contributed by atoms with van der Waals surface area (Å²) in [5, 5.41) is 3.01. The molecule has 0 aliphatic rings. The Morgan fingerprint density at radius 1 is 1.16 bits per heavy atom. The molecule has 0 fully saturated rings. The van der Waals surface area contributed by atoms with Gasteiger partial charge in [-0.05, 0) is 38.1 Å². The van der Waals surface area contributed by atoms with Gasteiger partial charge in [0.15, 0.2) is 17.4 Å². The molecule has 1 aromatic rings. The van der Waals surface area contributed by atoms with Gasteiger partial charge in [0.2, 0.25) is 0 Å². The highest BCUT2D eigenvalue weighted by atomic mass is 19.1. The monoisotopic (exact) mass is 273 g/mol. The Morgan fingerprint density at radius 2 is 1.79 bits per heavy atom. The van der Waals surface area contributed by atoms with Crippen molar-refractivity contribution in [1.29, 1.82) is 0 Å². The molecule has 0 spiro atoms. The van der Waals surface area contributed by atoms with Gasteiger partial charge >= 0.3 is 0 Å². The summed E-state index contributed by atoms with van der Waals surface area (Å²) in [7, 11) is 0. The lowest BCUT2D eigenvalue weighted by Gasteiger charge is -2.12. The molecule has 19 heavy (non-hydrogen) atoms. The van der Waals surface area contributed by atoms with E-state index in [2.05, 4.69) is 5.32 Å². The SMILES string of the molecule is CCNCc1cc(F)c(OCCOC(C)C)c(F)c1. The van der Waals surface area contributed by atoms with Gasteiger partial charge in [-0.1, -0.05) is 6.92 Å². The first-order chi connectivity index (χ1) is 9.04. The molecule has 108 valence electrons. The maximum absolute atomic E-state index is 13.7. The van der Waals surface area contributed by atoms with E-state index in [1.807, 2.05) is 20.8 Å². The lowest BCUT2D eigenvalue weighted by molar-refractivity contribution is 0.0535. The molecule has 5 heteroatoms. The van der Waals surface area contributed by atoms with E-state index in [-0.39, 0.29) is 18.5 Å². The van der Waals surface area contributed by atoms with Gasteiger partial charge in [-0.25, -0.2) is 8.78 Å². The molecular weight excluding hydrogens is 252 g/mol. The minimum Gasteiger partial charge on any atom is -0.485 e. The van der Waals surface area contributed by atoms with Crippen LogP contribution >= 0.6 is 0 Å². The molecule has 1 rings (SSSR count). The van der Waals surface area contributed by atoms with E-state index in [1.54, 1.807) is 0 Å². The Hall–Kier alpha value is -1.20. The van der Waals surface area contributed by atoms with Crippen molar-refractivity contribution in [2.75, 3.05) is 19.8 Å². The van der Waals surface area contributed by atoms with E-state index in [0.29, 0.717) is 18.7 Å². The molecule has 0 atom stereocenters. The quantitative estimate of drug-likeness (QED) is 0.739. The van der Waals surface area contributed by atoms with Crippen LogP contribution in [0.4, 0.5) is 8.78 Å². The molecular formula is C14H21F2NO2. The van der Waals surface area contributed by atoms with Crippen LogP contribution in [-0.4, -0.2) is 25.9 Å². The molecule has 0 aliphatic heterocycles. The largest absolute Gasteiger partial charge is 0.485 e. The third-order valence-corrected chi connectivity index (χ3v) is 2.42. The van der Waals surface area contributed by atoms with Gasteiger partial charge in [-0.2, -0.15) is 0 Å². The minimum atomic E-state index is -0.683. The molecule has 0 saturated carbocycles. The fraction of sp³-hybridized carbons (Fsp3) is 0.571. The zero-order valence-corrected chi connectivity index (χ0v) is 11.6. The van der Waals surface area contributed by atoms with Crippen molar-refractivity contribution in [3.8, 4) is 5.75 Å². The zero-order valence-electron chi connectivity index (χ0n) is 11.6. The van der Waals surface area contributed by atoms with Crippen LogP contribution in [0.3, 0.4) is 0 Å². The molecule has 3 nitrogen and oxygen atoms in total. The molecule has 0 heterocycles. The number of ether oxygens (including phenoxy) is 2. The Bertz CT molecular complexity index is 374. The normalized spacial score (nSPS) is 11.1. The predicted molar refractivity (Wildman–Crippen MR) is 70.3 cm³/mol. The average Bonchev–Trinajstić information content (AvgIpc) is 2.34. The summed E-state index contributed by atoms with van der Waals surface area (Å²) in [6.45, 7) is 7.30. The lowest BCUT2D eigenvalue weighted by atomic mass is 10.2. The Labute approximate surface area is 112 Å². The number of hydrogen-bond acceptors (Lipinski definition) is 3. The first kappa shape index (κ1) is 15.9. The predicted octanol–water partition coefficient (Wildman–Crippen LogP) is 2.88. The summed E-state index contributed by atoms with van der Waals surface area (Å²) in [5.41, 5.74) is 0.558. The van der Waals surface area contributed by atoms with Crippen LogP contribution < -0.4 is 10.1 Å². The standard InChI is InChI=1S/C14H21F2NO2/c1-4-17-9-11-7-12(15)14(13(16)8-11)19-6-5-18-10(2)3/h7-8,10,17H,4-6,9H2,1-3H3. The fourth-order valence-electron chi connectivity index (χ4n) is 1.55. The second-order valence-corrected chi connectivity index (χ2v) is 4.44. The minimum absolute atomic E-state index is 0.0702. The van der Waals surface area contributed by atoms with Gasteiger partial charge in [0, 0.05) is 6.54 Å². The number of hydrogen-bond donors (Lipinski definition) is 1. The van der Waals surface area contributed by atoms with E-state index in [1.165, 1.54) is 12.1 Å². The second kappa shape index (κ2) is 8.07. The summed E-state index contributed by atoms with van der Waals surface area (Å²) in [4.78, 5) is 0. The van der Waals surface area contributed by atoms with Crippen LogP contribution in [-0.2, 0) is 11.3 Å². The summed E-state index contributed by atoms with van der Waals surface area (Å²) in [6, 6.07) is 2.56. The molecule has 1 N–H and O–H groups in total. The van der Waals surface area contributed by atoms with Gasteiger partial charge in [0.1, 0.15) is 6.61 Å². The van der Waals surface area contributed by atoms with Crippen molar-refractivity contribution in [1.82, 2.24) is 5.32 Å². The Kier molecular flexibility index (Phi) is 6.73.